The van der Waals surface area contributed by atoms with Crippen molar-refractivity contribution in [2.75, 3.05) is 73.2 Å². The Morgan fingerprint density at radius 2 is 1.51 bits per heavy atom. The fraction of sp³-hybridized carbons (Fsp3) is 0.364. The molecule has 1 unspecified atom stereocenters. The smallest absolute Gasteiger partial charge is 0.338 e. The molecule has 3 aliphatic rings. The zero-order valence-corrected chi connectivity index (χ0v) is 43.4. The van der Waals surface area contributed by atoms with E-state index in [4.69, 9.17) is 11.6 Å². The number of carboxylic acids is 1. The number of anilines is 3. The van der Waals surface area contributed by atoms with Crippen LogP contribution in [0.4, 0.5) is 22.7 Å². The molecule has 14 nitrogen and oxygen atoms in total. The van der Waals surface area contributed by atoms with Gasteiger partial charge in [-0.25, -0.2) is 4.79 Å². The number of nitro groups is 1. The third-order valence-electron chi connectivity index (χ3n) is 14.5. The average molecular weight is 1030 g/mol. The van der Waals surface area contributed by atoms with Crippen molar-refractivity contribution >= 4 is 64.7 Å². The van der Waals surface area contributed by atoms with Crippen molar-refractivity contribution in [3.63, 3.8) is 0 Å². The first-order chi connectivity index (χ1) is 34.7. The van der Waals surface area contributed by atoms with Crippen LogP contribution in [-0.4, -0.2) is 111 Å². The third kappa shape index (κ3) is 10.8. The van der Waals surface area contributed by atoms with Crippen LogP contribution < -0.4 is 20.4 Å². The number of nitrogens with zero attached hydrogens (tertiary/aromatic N) is 6. The quantitative estimate of drug-likeness (QED) is 0.0295. The highest BCUT2D eigenvalue weighted by Gasteiger charge is 2.47. The van der Waals surface area contributed by atoms with Crippen LogP contribution in [0, 0.1) is 17.0 Å². The molecule has 1 aromatic heterocycles. The van der Waals surface area contributed by atoms with Gasteiger partial charge in [-0.1, -0.05) is 66.2 Å². The Bertz CT molecular complexity index is 2930. The predicted molar refractivity (Wildman–Crippen MR) is 290 cm³/mol. The van der Waals surface area contributed by atoms with Gasteiger partial charge in [-0.15, -0.1) is 16.6 Å². The van der Waals surface area contributed by atoms with E-state index in [2.05, 4.69) is 50.6 Å². The summed E-state index contributed by atoms with van der Waals surface area (Å²) in [6.45, 7) is 11.5. The van der Waals surface area contributed by atoms with Crippen LogP contribution in [-0.2, 0) is 4.57 Å². The van der Waals surface area contributed by atoms with Crippen molar-refractivity contribution in [3.05, 3.63) is 153 Å². The topological polar surface area (TPSA) is 168 Å². The maximum atomic E-state index is 15.2. The molecule has 6 aromatic rings. The van der Waals surface area contributed by atoms with Crippen LogP contribution in [0.3, 0.4) is 0 Å². The molecule has 3 saturated heterocycles. The molecule has 4 heterocycles. The third-order valence-corrected chi connectivity index (χ3v) is 19.3. The largest absolute Gasteiger partial charge is 0.478 e. The first-order valence-electron chi connectivity index (χ1n) is 24.8. The lowest BCUT2D eigenvalue weighted by Crippen LogP contribution is -2.46. The zero-order valence-electron chi connectivity index (χ0n) is 40.9. The summed E-state index contributed by atoms with van der Waals surface area (Å²) in [4.78, 5) is 34.2. The number of aliphatic hydroxyl groups excluding tert-OH is 1. The summed E-state index contributed by atoms with van der Waals surface area (Å²) in [5.41, 5.74) is 6.60. The monoisotopic (exact) mass is 1030 g/mol. The van der Waals surface area contributed by atoms with Gasteiger partial charge in [-0.2, -0.15) is 0 Å². The van der Waals surface area contributed by atoms with E-state index in [1.807, 2.05) is 97.9 Å². The molecule has 3 atom stereocenters. The molecule has 3 fully saturated rings. The predicted octanol–water partition coefficient (Wildman–Crippen LogP) is 11.5. The number of thioether (sulfide) groups is 1. The molecule has 3 aliphatic heterocycles. The number of aromatic carboxylic acids is 1. The Morgan fingerprint density at radius 3 is 2.17 bits per heavy atom. The number of piperidine rings is 1. The maximum absolute atomic E-state index is 15.2. The van der Waals surface area contributed by atoms with Gasteiger partial charge in [0.15, 0.2) is 0 Å². The lowest BCUT2D eigenvalue weighted by molar-refractivity contribution is -0.383. The van der Waals surface area contributed by atoms with E-state index >= 15 is 4.57 Å². The van der Waals surface area contributed by atoms with Gasteiger partial charge in [0.1, 0.15) is 5.69 Å². The highest BCUT2D eigenvalue weighted by Crippen LogP contribution is 2.66. The number of halogens is 1. The highest BCUT2D eigenvalue weighted by molar-refractivity contribution is 7.99. The molecule has 4 N–H and O–H groups in total. The minimum Gasteiger partial charge on any atom is -0.478 e. The Hall–Kier alpha value is -5.64. The second-order valence-electron chi connectivity index (χ2n) is 19.4. The number of hydrogen-bond acceptors (Lipinski definition) is 11. The number of hydrogen-bond donors (Lipinski definition) is 4. The number of aliphatic hydroxyl groups is 1. The molecule has 9 rings (SSSR count). The normalized spacial score (nSPS) is 19.5. The van der Waals surface area contributed by atoms with Crippen LogP contribution in [0.15, 0.2) is 126 Å². The van der Waals surface area contributed by atoms with Gasteiger partial charge in [0.25, 0.3) is 5.69 Å². The van der Waals surface area contributed by atoms with Gasteiger partial charge in [0.2, 0.25) is 7.29 Å². The number of carbonyl (C=O) groups is 1. The number of hydroxylamine groups is 1. The number of rotatable bonds is 17. The minimum absolute atomic E-state index is 0.0105. The van der Waals surface area contributed by atoms with Gasteiger partial charge in [0.05, 0.1) is 27.9 Å². The molecule has 0 bridgehead atoms. The van der Waals surface area contributed by atoms with E-state index in [0.29, 0.717) is 34.1 Å². The molecule has 378 valence electrons. The highest BCUT2D eigenvalue weighted by atomic mass is 35.5. The molecular formula is C55H63ClN7O7PS. The van der Waals surface area contributed by atoms with E-state index < -0.39 is 23.8 Å². The summed E-state index contributed by atoms with van der Waals surface area (Å²) in [5, 5.41) is 49.0. The second kappa shape index (κ2) is 22.2. The standard InChI is InChI=1S/C55H63ClN7O7PS/c1-37(2)62-38(3)52(55(65)66)53(54(62)40-12-16-42(56)17-13-40)41-8-7-9-45(34-41)60-32-30-59(31-33-60)44-18-14-39(15-19-44)51-25-29-61(67)71(51,70)47-20-21-49(50(35-47)63(68)69)57-43(36-72-48-10-5-4-6-11-48)22-26-58-27-23-46(64)24-28-58/h4-21,34-35,37,43,46,51,57,64,67H,22-33,36H2,1-3H3,(H,65,66)/t43-,51+,71?/m1/s1. The summed E-state index contributed by atoms with van der Waals surface area (Å²) in [5.74, 6) is -0.305. The van der Waals surface area contributed by atoms with E-state index in [1.54, 1.807) is 23.9 Å². The Labute approximate surface area is 430 Å². The lowest BCUT2D eigenvalue weighted by atomic mass is 9.96. The van der Waals surface area contributed by atoms with Crippen LogP contribution in [0.25, 0.3) is 22.4 Å². The van der Waals surface area contributed by atoms with Gasteiger partial charge >= 0.3 is 5.97 Å². The number of aromatic nitrogens is 1. The van der Waals surface area contributed by atoms with Crippen LogP contribution in [0.5, 0.6) is 0 Å². The number of nitro benzene ring substituents is 1. The number of benzene rings is 5. The average Bonchev–Trinajstić information content (AvgIpc) is 3.88. The second-order valence-corrected chi connectivity index (χ2v) is 23.8. The lowest BCUT2D eigenvalue weighted by Gasteiger charge is -2.37. The van der Waals surface area contributed by atoms with Crippen LogP contribution in [0.1, 0.15) is 72.8 Å². The number of nitrogens with one attached hydrogen (secondary N) is 1. The van der Waals surface area contributed by atoms with E-state index in [1.165, 1.54) is 6.07 Å². The van der Waals surface area contributed by atoms with E-state index in [-0.39, 0.29) is 41.3 Å². The summed E-state index contributed by atoms with van der Waals surface area (Å²) in [7, 11) is -3.74. The molecular weight excluding hydrogens is 969 g/mol. The van der Waals surface area contributed by atoms with Crippen molar-refractivity contribution < 1.29 is 29.7 Å². The van der Waals surface area contributed by atoms with Crippen molar-refractivity contribution in [3.8, 4) is 22.4 Å². The minimum atomic E-state index is -3.74. The number of carboxylic acid groups (broad SMARTS) is 1. The molecule has 5 aromatic carbocycles. The summed E-state index contributed by atoms with van der Waals surface area (Å²) >= 11 is 7.97. The fourth-order valence-corrected chi connectivity index (χ4v) is 14.9. The molecule has 0 aliphatic carbocycles. The van der Waals surface area contributed by atoms with Crippen molar-refractivity contribution in [2.45, 2.75) is 75.2 Å². The molecule has 17 heteroatoms. The van der Waals surface area contributed by atoms with Gasteiger partial charge in [-0.05, 0) is 124 Å². The van der Waals surface area contributed by atoms with Gasteiger partial charge < -0.3 is 40.0 Å². The molecule has 0 amide bonds. The summed E-state index contributed by atoms with van der Waals surface area (Å²) in [6, 6.07) is 38.3. The van der Waals surface area contributed by atoms with Gasteiger partial charge in [-0.3, -0.25) is 14.7 Å². The van der Waals surface area contributed by atoms with E-state index in [9.17, 15) is 30.3 Å². The Morgan fingerprint density at radius 1 is 0.833 bits per heavy atom. The molecule has 0 spiro atoms. The van der Waals surface area contributed by atoms with Crippen LogP contribution >= 0.6 is 30.7 Å². The maximum Gasteiger partial charge on any atom is 0.338 e. The summed E-state index contributed by atoms with van der Waals surface area (Å²) in [6.07, 6.45) is 2.35. The fourth-order valence-electron chi connectivity index (χ4n) is 10.8. The van der Waals surface area contributed by atoms with Crippen molar-refractivity contribution in [2.24, 2.45) is 0 Å². The molecule has 72 heavy (non-hydrogen) atoms. The number of piperazine rings is 1. The van der Waals surface area contributed by atoms with Gasteiger partial charge in [0, 0.05) is 114 Å². The SMILES string of the molecule is Cc1c(C(=O)O)c(-c2cccc(N3CCN(c4ccc([C@@H]5CCN(O)P5(=O)c5ccc(N[C@H](CCN6CCC(O)CC6)CSc6ccccc6)c([N+](=O)[O-])c5)cc4)CC3)c2)c(-c2ccc(Cl)cc2)n1C(C)C. The molecule has 0 radical (unpaired) electrons. The molecule has 0 saturated carbocycles. The first kappa shape index (κ1) is 51.3. The first-order valence-corrected chi connectivity index (χ1v) is 27.9. The van der Waals surface area contributed by atoms with Crippen molar-refractivity contribution in [1.29, 1.82) is 0 Å². The van der Waals surface area contributed by atoms with E-state index in [0.717, 1.165) is 109 Å². The number of likely N-dealkylation sites (tertiary alicyclic amines) is 1. The van der Waals surface area contributed by atoms with Crippen molar-refractivity contribution in [1.82, 2.24) is 14.3 Å². The summed E-state index contributed by atoms with van der Waals surface area (Å²) < 4.78 is 17.3. The Balaban J connectivity index is 0.897. The van der Waals surface area contributed by atoms with Crippen LogP contribution in [0.2, 0.25) is 5.02 Å². The zero-order chi connectivity index (χ0) is 50.7. The Kier molecular flexibility index (Phi) is 15.8.